The number of hydrogen-bond acceptors (Lipinski definition) is 5. The number of likely N-dealkylation sites (tertiary alicyclic amines) is 1. The van der Waals surface area contributed by atoms with E-state index in [9.17, 15) is 9.59 Å². The number of aromatic nitrogens is 3. The van der Waals surface area contributed by atoms with Crippen LogP contribution in [0.15, 0.2) is 53.5 Å². The minimum atomic E-state index is -0.129. The smallest absolute Gasteiger partial charge is 0.255 e. The van der Waals surface area contributed by atoms with Crippen molar-refractivity contribution in [3.8, 4) is 11.5 Å². The number of pyridine rings is 1. The number of H-pyrrole nitrogens is 1. The number of methoxy groups -OCH3 is 1. The molecule has 1 aliphatic rings. The van der Waals surface area contributed by atoms with Crippen LogP contribution in [0.2, 0.25) is 0 Å². The van der Waals surface area contributed by atoms with E-state index in [1.807, 2.05) is 29.2 Å². The second kappa shape index (κ2) is 9.07. The predicted molar refractivity (Wildman–Crippen MR) is 116 cm³/mol. The maximum Gasteiger partial charge on any atom is 0.255 e. The average molecular weight is 422 g/mol. The minimum Gasteiger partial charge on any atom is -0.497 e. The lowest BCUT2D eigenvalue weighted by molar-refractivity contribution is 0.0789. The van der Waals surface area contributed by atoms with Crippen molar-refractivity contribution in [2.24, 2.45) is 7.05 Å². The lowest BCUT2D eigenvalue weighted by Crippen LogP contribution is -2.29. The number of aromatic amines is 1. The molecular weight excluding hydrogens is 396 g/mol. The summed E-state index contributed by atoms with van der Waals surface area (Å²) in [5.74, 6) is 1.74. The molecule has 2 aromatic heterocycles. The van der Waals surface area contributed by atoms with E-state index in [4.69, 9.17) is 9.47 Å². The van der Waals surface area contributed by atoms with Gasteiger partial charge in [0.05, 0.1) is 25.0 Å². The lowest BCUT2D eigenvalue weighted by atomic mass is 10.0. The maximum absolute atomic E-state index is 12.8. The zero-order valence-electron chi connectivity index (χ0n) is 17.7. The quantitative estimate of drug-likeness (QED) is 0.631. The van der Waals surface area contributed by atoms with Crippen molar-refractivity contribution in [3.05, 3.63) is 76.0 Å². The largest absolute Gasteiger partial charge is 0.497 e. The summed E-state index contributed by atoms with van der Waals surface area (Å²) in [6, 6.07) is 12.6. The summed E-state index contributed by atoms with van der Waals surface area (Å²) in [4.78, 5) is 26.1. The van der Waals surface area contributed by atoms with E-state index >= 15 is 0 Å². The molecule has 0 aliphatic carbocycles. The Morgan fingerprint density at radius 2 is 1.97 bits per heavy atom. The third-order valence-corrected chi connectivity index (χ3v) is 5.58. The number of aryl methyl sites for hydroxylation is 1. The summed E-state index contributed by atoms with van der Waals surface area (Å²) >= 11 is 0. The lowest BCUT2D eigenvalue weighted by Gasteiger charge is -2.16. The summed E-state index contributed by atoms with van der Waals surface area (Å²) in [5.41, 5.74) is 2.37. The molecule has 1 aromatic carbocycles. The Balaban J connectivity index is 1.30. The van der Waals surface area contributed by atoms with E-state index in [2.05, 4.69) is 16.3 Å². The number of rotatable bonds is 7. The fourth-order valence-electron chi connectivity index (χ4n) is 3.76. The van der Waals surface area contributed by atoms with Gasteiger partial charge in [-0.1, -0.05) is 0 Å². The number of hydrogen-bond donors (Lipinski definition) is 1. The van der Waals surface area contributed by atoms with Crippen LogP contribution in [0.25, 0.3) is 0 Å². The first kappa shape index (κ1) is 20.7. The molecule has 1 saturated heterocycles. The number of amides is 1. The normalized spacial score (nSPS) is 15.8. The Hall–Kier alpha value is -3.55. The predicted octanol–water partition coefficient (Wildman–Crippen LogP) is 2.37. The third-order valence-electron chi connectivity index (χ3n) is 5.58. The maximum atomic E-state index is 12.8. The first-order valence-electron chi connectivity index (χ1n) is 10.3. The molecule has 1 atom stereocenters. The molecule has 3 heterocycles. The van der Waals surface area contributed by atoms with Crippen molar-refractivity contribution in [3.63, 3.8) is 0 Å². The second-order valence-electron chi connectivity index (χ2n) is 7.70. The summed E-state index contributed by atoms with van der Waals surface area (Å²) in [7, 11) is 3.28. The summed E-state index contributed by atoms with van der Waals surface area (Å²) in [6.45, 7) is 1.83. The number of nitrogens with zero attached hydrogens (tertiary/aromatic N) is 3. The Morgan fingerprint density at radius 1 is 1.19 bits per heavy atom. The molecule has 8 nitrogen and oxygen atoms in total. The molecule has 0 unspecified atom stereocenters. The van der Waals surface area contributed by atoms with Crippen LogP contribution in [-0.4, -0.2) is 52.4 Å². The van der Waals surface area contributed by atoms with Crippen LogP contribution in [0.4, 0.5) is 0 Å². The van der Waals surface area contributed by atoms with E-state index in [1.165, 1.54) is 10.6 Å². The van der Waals surface area contributed by atoms with Crippen molar-refractivity contribution >= 4 is 5.91 Å². The molecular formula is C23H26N4O4. The third kappa shape index (κ3) is 4.79. The van der Waals surface area contributed by atoms with Crippen LogP contribution >= 0.6 is 0 Å². The van der Waals surface area contributed by atoms with E-state index in [0.29, 0.717) is 31.7 Å². The molecule has 4 rings (SSSR count). The molecule has 1 fully saturated rings. The van der Waals surface area contributed by atoms with Crippen LogP contribution in [0.1, 0.15) is 34.1 Å². The van der Waals surface area contributed by atoms with Gasteiger partial charge < -0.3 is 18.9 Å². The topological polar surface area (TPSA) is 89.4 Å². The van der Waals surface area contributed by atoms with Gasteiger partial charge in [0.25, 0.3) is 5.91 Å². The minimum absolute atomic E-state index is 0.0539. The van der Waals surface area contributed by atoms with Gasteiger partial charge in [0.1, 0.15) is 11.5 Å². The van der Waals surface area contributed by atoms with Gasteiger partial charge in [-0.3, -0.25) is 14.7 Å². The van der Waals surface area contributed by atoms with Gasteiger partial charge in [0.15, 0.2) is 0 Å². The molecule has 31 heavy (non-hydrogen) atoms. The van der Waals surface area contributed by atoms with Gasteiger partial charge >= 0.3 is 0 Å². The van der Waals surface area contributed by atoms with Crippen molar-refractivity contribution < 1.29 is 14.3 Å². The Morgan fingerprint density at radius 3 is 2.71 bits per heavy atom. The second-order valence-corrected chi connectivity index (χ2v) is 7.70. The van der Waals surface area contributed by atoms with E-state index < -0.39 is 0 Å². The fraction of sp³-hybridized carbons (Fsp3) is 0.348. The van der Waals surface area contributed by atoms with Gasteiger partial charge in [-0.05, 0) is 42.8 Å². The average Bonchev–Trinajstić information content (AvgIpc) is 3.45. The molecule has 1 N–H and O–H groups in total. The molecule has 8 heteroatoms. The Bertz CT molecular complexity index is 1100. The first-order chi connectivity index (χ1) is 15.0. The summed E-state index contributed by atoms with van der Waals surface area (Å²) in [5, 5.41) is 7.54. The van der Waals surface area contributed by atoms with E-state index in [0.717, 1.165) is 29.3 Å². The van der Waals surface area contributed by atoms with Gasteiger partial charge in [0, 0.05) is 50.4 Å². The van der Waals surface area contributed by atoms with E-state index in [1.54, 1.807) is 26.4 Å². The molecule has 3 aromatic rings. The highest BCUT2D eigenvalue weighted by atomic mass is 16.5. The van der Waals surface area contributed by atoms with Crippen molar-refractivity contribution in [1.29, 1.82) is 0 Å². The zero-order chi connectivity index (χ0) is 21.8. The van der Waals surface area contributed by atoms with Crippen LogP contribution in [0.5, 0.6) is 11.5 Å². The number of nitrogens with one attached hydrogen (secondary N) is 1. The molecule has 0 radical (unpaired) electrons. The van der Waals surface area contributed by atoms with Gasteiger partial charge in [0.2, 0.25) is 5.56 Å². The zero-order valence-corrected chi connectivity index (χ0v) is 17.7. The highest BCUT2D eigenvalue weighted by Crippen LogP contribution is 2.27. The monoisotopic (exact) mass is 422 g/mol. The summed E-state index contributed by atoms with van der Waals surface area (Å²) < 4.78 is 12.3. The number of benzene rings is 1. The Kier molecular flexibility index (Phi) is 6.06. The number of ether oxygens (including phenoxy) is 2. The standard InChI is InChI=1S/C23H26N4O4/c1-26-14-17(3-8-22(26)28)23(29)27-11-9-16(15-27)21-13-18(24-25-21)10-12-31-20-6-4-19(30-2)5-7-20/h3-8,13-14,16H,9-12,15H2,1-2H3,(H,24,25)/t16-/m1/s1. The highest BCUT2D eigenvalue weighted by Gasteiger charge is 2.29. The van der Waals surface area contributed by atoms with Crippen LogP contribution < -0.4 is 15.0 Å². The van der Waals surface area contributed by atoms with Gasteiger partial charge in [-0.15, -0.1) is 0 Å². The van der Waals surface area contributed by atoms with Crippen molar-refractivity contribution in [2.75, 3.05) is 26.8 Å². The van der Waals surface area contributed by atoms with E-state index in [-0.39, 0.29) is 17.4 Å². The van der Waals surface area contributed by atoms with Crippen molar-refractivity contribution in [1.82, 2.24) is 19.7 Å². The van der Waals surface area contributed by atoms with Crippen molar-refractivity contribution in [2.45, 2.75) is 18.8 Å². The molecule has 0 spiro atoms. The number of carbonyl (C=O) groups excluding carboxylic acids is 1. The fourth-order valence-corrected chi connectivity index (χ4v) is 3.76. The number of carbonyl (C=O) groups is 1. The SMILES string of the molecule is COc1ccc(OCCc2cc([C@@H]3CCN(C(=O)c4ccc(=O)n(C)c4)C3)n[nH]2)cc1. The molecule has 0 bridgehead atoms. The Labute approximate surface area is 180 Å². The van der Waals surface area contributed by atoms with Crippen LogP contribution in [-0.2, 0) is 13.5 Å². The van der Waals surface area contributed by atoms with Crippen LogP contribution in [0.3, 0.4) is 0 Å². The van der Waals surface area contributed by atoms with Gasteiger partial charge in [-0.25, -0.2) is 0 Å². The first-order valence-corrected chi connectivity index (χ1v) is 10.3. The highest BCUT2D eigenvalue weighted by molar-refractivity contribution is 5.94. The summed E-state index contributed by atoms with van der Waals surface area (Å²) in [6.07, 6.45) is 3.17. The molecule has 1 aliphatic heterocycles. The molecule has 1 amide bonds. The van der Waals surface area contributed by atoms with Gasteiger partial charge in [-0.2, -0.15) is 5.10 Å². The molecule has 162 valence electrons. The molecule has 0 saturated carbocycles. The van der Waals surface area contributed by atoms with Crippen LogP contribution in [0, 0.1) is 0 Å².